The number of aromatic nitrogens is 2. The molecular weight excluding hydrogens is 378 g/mol. The maximum Gasteiger partial charge on any atom is 0.410 e. The van der Waals surface area contributed by atoms with Crippen molar-refractivity contribution in [3.63, 3.8) is 0 Å². The zero-order chi connectivity index (χ0) is 21.1. The quantitative estimate of drug-likeness (QED) is 0.765. The van der Waals surface area contributed by atoms with E-state index in [4.69, 9.17) is 4.74 Å². The molecule has 1 aromatic carbocycles. The minimum Gasteiger partial charge on any atom is -0.444 e. The molecule has 2 fully saturated rings. The maximum atomic E-state index is 12.4. The van der Waals surface area contributed by atoms with Crippen LogP contribution in [0.4, 0.5) is 4.79 Å². The number of piperidine rings is 1. The number of nitrogens with zero attached hydrogens (tertiary/aromatic N) is 3. The third-order valence-corrected chi connectivity index (χ3v) is 7.35. The summed E-state index contributed by atoms with van der Waals surface area (Å²) < 4.78 is 7.78. The number of carbonyl (C=O) groups is 1. The number of aliphatic hydroxyl groups excluding tert-OH is 1. The summed E-state index contributed by atoms with van der Waals surface area (Å²) in [5.74, 6) is 0.162. The number of benzene rings is 1. The van der Waals surface area contributed by atoms with Crippen molar-refractivity contribution in [3.05, 3.63) is 42.4 Å². The molecule has 2 aromatic rings. The molecule has 3 unspecified atom stereocenters. The summed E-state index contributed by atoms with van der Waals surface area (Å²) in [6, 6.07) is 8.63. The Kier molecular flexibility index (Phi) is 4.47. The van der Waals surface area contributed by atoms with Crippen molar-refractivity contribution < 1.29 is 14.6 Å². The van der Waals surface area contributed by atoms with Crippen molar-refractivity contribution in [1.29, 1.82) is 0 Å². The van der Waals surface area contributed by atoms with E-state index in [1.54, 1.807) is 4.90 Å². The maximum absolute atomic E-state index is 12.4. The van der Waals surface area contributed by atoms with Gasteiger partial charge in [-0.3, -0.25) is 0 Å². The monoisotopic (exact) mass is 409 g/mol. The predicted octanol–water partition coefficient (Wildman–Crippen LogP) is 4.24. The molecule has 1 aliphatic carbocycles. The molecule has 1 aromatic heterocycles. The van der Waals surface area contributed by atoms with E-state index >= 15 is 0 Å². The van der Waals surface area contributed by atoms with Crippen LogP contribution < -0.4 is 0 Å². The average molecular weight is 410 g/mol. The third-order valence-electron chi connectivity index (χ3n) is 7.35. The van der Waals surface area contributed by atoms with Crippen molar-refractivity contribution in [3.8, 4) is 11.3 Å². The molecule has 2 aliphatic heterocycles. The molecule has 3 aliphatic rings. The van der Waals surface area contributed by atoms with Gasteiger partial charge in [0.15, 0.2) is 0 Å². The number of hydrogen-bond donors (Lipinski definition) is 1. The van der Waals surface area contributed by atoms with Gasteiger partial charge in [0.05, 0.1) is 30.4 Å². The number of rotatable bonds is 1. The second-order valence-corrected chi connectivity index (χ2v) is 10.2. The number of carbonyl (C=O) groups excluding carboxylic acids is 1. The van der Waals surface area contributed by atoms with E-state index in [0.29, 0.717) is 13.1 Å². The Morgan fingerprint density at radius 3 is 2.67 bits per heavy atom. The molecule has 3 heterocycles. The lowest BCUT2D eigenvalue weighted by Crippen LogP contribution is -2.48. The van der Waals surface area contributed by atoms with Crippen molar-refractivity contribution in [2.45, 2.75) is 64.2 Å². The molecule has 160 valence electrons. The van der Waals surface area contributed by atoms with E-state index < -0.39 is 5.60 Å². The van der Waals surface area contributed by atoms with Gasteiger partial charge < -0.3 is 19.3 Å². The lowest BCUT2D eigenvalue weighted by Gasteiger charge is -2.43. The summed E-state index contributed by atoms with van der Waals surface area (Å²) in [6.45, 7) is 6.98. The van der Waals surface area contributed by atoms with Crippen molar-refractivity contribution in [1.82, 2.24) is 14.5 Å². The van der Waals surface area contributed by atoms with Crippen LogP contribution in [0.25, 0.3) is 11.3 Å². The standard InChI is InChI=1S/C24H31N3O3/c1-23(2,3)30-22(29)26-12-10-24(11-13-26)9-8-18(21(24)28)20-17-7-5-4-6-16(17)19-14-25-15-27(19)20/h4-7,14-15,18,20-21,28H,8-13H2,1-3H3. The molecule has 3 atom stereocenters. The number of aliphatic hydroxyl groups is 1. The summed E-state index contributed by atoms with van der Waals surface area (Å²) in [5.41, 5.74) is 3.07. The van der Waals surface area contributed by atoms with E-state index in [1.165, 1.54) is 11.1 Å². The van der Waals surface area contributed by atoms with Crippen LogP contribution in [0.3, 0.4) is 0 Å². The highest BCUT2D eigenvalue weighted by Crippen LogP contribution is 2.55. The Labute approximate surface area is 177 Å². The second kappa shape index (κ2) is 6.84. The molecule has 1 saturated carbocycles. The summed E-state index contributed by atoms with van der Waals surface area (Å²) in [7, 11) is 0. The third kappa shape index (κ3) is 3.04. The van der Waals surface area contributed by atoms with Gasteiger partial charge in [0.2, 0.25) is 0 Å². The molecule has 6 nitrogen and oxygen atoms in total. The van der Waals surface area contributed by atoms with E-state index in [0.717, 1.165) is 31.4 Å². The minimum absolute atomic E-state index is 0.110. The van der Waals surface area contributed by atoms with Gasteiger partial charge in [-0.15, -0.1) is 0 Å². The number of imidazole rings is 1. The number of amides is 1. The Morgan fingerprint density at radius 2 is 1.93 bits per heavy atom. The fourth-order valence-electron chi connectivity index (χ4n) is 5.86. The van der Waals surface area contributed by atoms with Crippen LogP contribution >= 0.6 is 0 Å². The highest BCUT2D eigenvalue weighted by molar-refractivity contribution is 5.69. The molecule has 1 amide bonds. The van der Waals surface area contributed by atoms with E-state index in [9.17, 15) is 9.90 Å². The van der Waals surface area contributed by atoms with Crippen molar-refractivity contribution in [2.75, 3.05) is 13.1 Å². The fourth-order valence-corrected chi connectivity index (χ4v) is 5.86. The summed E-state index contributed by atoms with van der Waals surface area (Å²) in [4.78, 5) is 18.6. The van der Waals surface area contributed by atoms with Crippen molar-refractivity contribution >= 4 is 6.09 Å². The molecule has 1 saturated heterocycles. The van der Waals surface area contributed by atoms with Crippen LogP contribution in [-0.2, 0) is 4.74 Å². The molecule has 1 N–H and O–H groups in total. The van der Waals surface area contributed by atoms with Gasteiger partial charge in [0, 0.05) is 30.0 Å². The Balaban J connectivity index is 1.34. The van der Waals surface area contributed by atoms with Gasteiger partial charge in [0.25, 0.3) is 0 Å². The predicted molar refractivity (Wildman–Crippen MR) is 114 cm³/mol. The summed E-state index contributed by atoms with van der Waals surface area (Å²) in [6.07, 6.45) is 6.86. The Morgan fingerprint density at radius 1 is 1.20 bits per heavy atom. The number of likely N-dealkylation sites (tertiary alicyclic amines) is 1. The highest BCUT2D eigenvalue weighted by atomic mass is 16.6. The van der Waals surface area contributed by atoms with Gasteiger partial charge in [-0.1, -0.05) is 24.3 Å². The molecule has 1 spiro atoms. The van der Waals surface area contributed by atoms with Crippen LogP contribution in [0, 0.1) is 11.3 Å². The zero-order valence-corrected chi connectivity index (χ0v) is 18.0. The molecule has 30 heavy (non-hydrogen) atoms. The topological polar surface area (TPSA) is 67.6 Å². The lowest BCUT2D eigenvalue weighted by molar-refractivity contribution is -0.0341. The zero-order valence-electron chi connectivity index (χ0n) is 18.0. The highest BCUT2D eigenvalue weighted by Gasteiger charge is 2.53. The number of ether oxygens (including phenoxy) is 1. The average Bonchev–Trinajstić information content (AvgIpc) is 3.36. The van der Waals surface area contributed by atoms with Crippen LogP contribution in [0.5, 0.6) is 0 Å². The number of fused-ring (bicyclic) bond motifs is 3. The number of hydrogen-bond acceptors (Lipinski definition) is 4. The molecule has 0 bridgehead atoms. The molecule has 6 heteroatoms. The minimum atomic E-state index is -0.484. The van der Waals surface area contributed by atoms with Crippen LogP contribution in [0.2, 0.25) is 0 Å². The first kappa shape index (κ1) is 19.6. The van der Waals surface area contributed by atoms with Crippen LogP contribution in [-0.4, -0.2) is 50.4 Å². The van der Waals surface area contributed by atoms with Gasteiger partial charge in [-0.25, -0.2) is 9.78 Å². The van der Waals surface area contributed by atoms with Crippen LogP contribution in [0.1, 0.15) is 58.1 Å². The first-order chi connectivity index (χ1) is 14.3. The largest absolute Gasteiger partial charge is 0.444 e. The lowest BCUT2D eigenvalue weighted by atomic mass is 9.73. The summed E-state index contributed by atoms with van der Waals surface area (Å²) in [5, 5.41) is 11.6. The van der Waals surface area contributed by atoms with Gasteiger partial charge >= 0.3 is 6.09 Å². The van der Waals surface area contributed by atoms with Gasteiger partial charge in [0.1, 0.15) is 5.60 Å². The fraction of sp³-hybridized carbons (Fsp3) is 0.583. The smallest absolute Gasteiger partial charge is 0.410 e. The molecule has 0 radical (unpaired) electrons. The Bertz CT molecular complexity index is 953. The molecular formula is C24H31N3O3. The normalized spacial score (nSPS) is 27.2. The van der Waals surface area contributed by atoms with Crippen LogP contribution in [0.15, 0.2) is 36.8 Å². The first-order valence-electron chi connectivity index (χ1n) is 11.1. The van der Waals surface area contributed by atoms with Gasteiger partial charge in [-0.05, 0) is 52.0 Å². The SMILES string of the molecule is CC(C)(C)OC(=O)N1CCC2(CCC(C3c4ccccc4-c4cncn43)C2O)CC1. The summed E-state index contributed by atoms with van der Waals surface area (Å²) >= 11 is 0. The Hall–Kier alpha value is -2.34. The van der Waals surface area contributed by atoms with E-state index in [1.807, 2.05) is 33.3 Å². The van der Waals surface area contributed by atoms with Gasteiger partial charge in [-0.2, -0.15) is 0 Å². The second-order valence-electron chi connectivity index (χ2n) is 10.2. The van der Waals surface area contributed by atoms with Crippen molar-refractivity contribution in [2.24, 2.45) is 11.3 Å². The van der Waals surface area contributed by atoms with E-state index in [2.05, 4.69) is 33.8 Å². The van der Waals surface area contributed by atoms with E-state index in [-0.39, 0.29) is 29.6 Å². The molecule has 5 rings (SSSR count). The first-order valence-corrected chi connectivity index (χ1v) is 11.1.